The van der Waals surface area contributed by atoms with E-state index in [9.17, 15) is 8.42 Å². The van der Waals surface area contributed by atoms with Gasteiger partial charge in [0.1, 0.15) is 0 Å². The summed E-state index contributed by atoms with van der Waals surface area (Å²) in [5, 5.41) is 6.35. The maximum atomic E-state index is 11.5. The van der Waals surface area contributed by atoms with Gasteiger partial charge in [-0.25, -0.2) is 18.4 Å². The van der Waals surface area contributed by atoms with Gasteiger partial charge in [-0.3, -0.25) is 0 Å². The molecule has 1 aliphatic rings. The van der Waals surface area contributed by atoms with E-state index in [1.807, 2.05) is 19.4 Å². The topological polar surface area (TPSA) is 83.4 Å². The minimum absolute atomic E-state index is 0. The highest BCUT2D eigenvalue weighted by Gasteiger charge is 2.28. The van der Waals surface area contributed by atoms with Crippen molar-refractivity contribution in [3.63, 3.8) is 0 Å². The van der Waals surface area contributed by atoms with Gasteiger partial charge in [0.2, 0.25) is 0 Å². The summed E-state index contributed by atoms with van der Waals surface area (Å²) in [6.07, 6.45) is 0.645. The van der Waals surface area contributed by atoms with Crippen molar-refractivity contribution in [1.29, 1.82) is 0 Å². The highest BCUT2D eigenvalue weighted by atomic mass is 127. The Labute approximate surface area is 146 Å². The lowest BCUT2D eigenvalue weighted by Crippen LogP contribution is -2.44. The first-order chi connectivity index (χ1) is 9.50. The molecule has 21 heavy (non-hydrogen) atoms. The molecule has 0 amide bonds. The highest BCUT2D eigenvalue weighted by Crippen LogP contribution is 2.14. The third-order valence-corrected chi connectivity index (χ3v) is 5.83. The molecule has 2 heterocycles. The predicted octanol–water partition coefficient (Wildman–Crippen LogP) is 1.31. The molecule has 1 saturated heterocycles. The normalized spacial score (nSPS) is 20.9. The smallest absolute Gasteiger partial charge is 0.191 e. The molecular weight excluding hydrogens is 423 g/mol. The molecule has 0 bridgehead atoms. The van der Waals surface area contributed by atoms with E-state index < -0.39 is 9.84 Å². The Hall–Kier alpha value is -0.420. The van der Waals surface area contributed by atoms with Crippen molar-refractivity contribution < 1.29 is 8.42 Å². The summed E-state index contributed by atoms with van der Waals surface area (Å²) >= 11 is 1.58. The van der Waals surface area contributed by atoms with Gasteiger partial charge in [-0.05, 0) is 20.3 Å². The van der Waals surface area contributed by atoms with Crippen LogP contribution in [-0.4, -0.2) is 43.5 Å². The van der Waals surface area contributed by atoms with Gasteiger partial charge < -0.3 is 10.6 Å². The van der Waals surface area contributed by atoms with E-state index in [1.54, 1.807) is 11.3 Å². The van der Waals surface area contributed by atoms with Crippen molar-refractivity contribution >= 4 is 51.1 Å². The zero-order valence-corrected chi connectivity index (χ0v) is 16.1. The lowest BCUT2D eigenvalue weighted by molar-refractivity contribution is 0.599. The fourth-order valence-electron chi connectivity index (χ4n) is 2.05. The number of nitrogens with zero attached hydrogens (tertiary/aromatic N) is 2. The van der Waals surface area contributed by atoms with E-state index >= 15 is 0 Å². The highest BCUT2D eigenvalue weighted by molar-refractivity contribution is 14.0. The molecular formula is C12H21IN4O2S2. The molecule has 0 spiro atoms. The number of rotatable bonds is 4. The predicted molar refractivity (Wildman–Crippen MR) is 97.3 cm³/mol. The molecule has 1 fully saturated rings. The van der Waals surface area contributed by atoms with E-state index in [0.29, 0.717) is 18.9 Å². The molecule has 1 aliphatic heterocycles. The van der Waals surface area contributed by atoms with Gasteiger partial charge >= 0.3 is 0 Å². The third kappa shape index (κ3) is 5.70. The molecule has 0 saturated carbocycles. The lowest BCUT2D eigenvalue weighted by atomic mass is 10.3. The summed E-state index contributed by atoms with van der Waals surface area (Å²) < 4.78 is 22.9. The zero-order valence-electron chi connectivity index (χ0n) is 12.1. The fourth-order valence-corrected chi connectivity index (χ4v) is 4.42. The van der Waals surface area contributed by atoms with Crippen LogP contribution in [0.3, 0.4) is 0 Å². The number of aliphatic imine (C=N–C) groups is 1. The van der Waals surface area contributed by atoms with Gasteiger partial charge in [0.25, 0.3) is 0 Å². The van der Waals surface area contributed by atoms with E-state index in [1.165, 1.54) is 0 Å². The Morgan fingerprint density at radius 2 is 2.33 bits per heavy atom. The lowest BCUT2D eigenvalue weighted by Gasteiger charge is -2.15. The molecule has 1 aromatic rings. The van der Waals surface area contributed by atoms with E-state index in [4.69, 9.17) is 0 Å². The summed E-state index contributed by atoms with van der Waals surface area (Å²) in [6.45, 7) is 5.25. The van der Waals surface area contributed by atoms with E-state index in [2.05, 4.69) is 20.6 Å². The van der Waals surface area contributed by atoms with E-state index in [0.717, 1.165) is 17.1 Å². The molecule has 0 radical (unpaired) electrons. The second-order valence-electron chi connectivity index (χ2n) is 4.80. The zero-order chi connectivity index (χ0) is 14.6. The van der Waals surface area contributed by atoms with Gasteiger partial charge in [-0.15, -0.1) is 35.3 Å². The summed E-state index contributed by atoms with van der Waals surface area (Å²) in [5.41, 5.74) is 2.81. The monoisotopic (exact) mass is 444 g/mol. The Morgan fingerprint density at radius 3 is 2.86 bits per heavy atom. The summed E-state index contributed by atoms with van der Waals surface area (Å²) in [6, 6.07) is -0.0413. The Balaban J connectivity index is 0.00000220. The minimum atomic E-state index is -2.87. The molecule has 0 aromatic carbocycles. The number of sulfone groups is 1. The van der Waals surface area contributed by atoms with Crippen LogP contribution in [0.5, 0.6) is 0 Å². The van der Waals surface area contributed by atoms with Crippen LogP contribution in [0.4, 0.5) is 0 Å². The molecule has 0 aliphatic carbocycles. The SMILES string of the molecule is CCNC(=NCc1scnc1C)NC1CCS(=O)(=O)C1.I. The van der Waals surface area contributed by atoms with Crippen LogP contribution in [-0.2, 0) is 16.4 Å². The number of thiazole rings is 1. The molecule has 6 nitrogen and oxygen atoms in total. The van der Waals surface area contributed by atoms with Crippen molar-refractivity contribution in [2.45, 2.75) is 32.9 Å². The maximum absolute atomic E-state index is 11.5. The molecule has 120 valence electrons. The molecule has 1 unspecified atom stereocenters. The van der Waals surface area contributed by atoms with Gasteiger partial charge in [0.15, 0.2) is 15.8 Å². The number of halogens is 1. The van der Waals surface area contributed by atoms with Gasteiger partial charge in [-0.2, -0.15) is 0 Å². The van der Waals surface area contributed by atoms with Crippen LogP contribution in [0.2, 0.25) is 0 Å². The number of guanidine groups is 1. The standard InChI is InChI=1S/C12H20N4O2S2.HI/c1-3-13-12(14-6-11-9(2)15-8-19-11)16-10-4-5-20(17,18)7-10;/h8,10H,3-7H2,1-2H3,(H2,13,14,16);1H. The number of hydrogen-bond acceptors (Lipinski definition) is 5. The molecule has 1 atom stereocenters. The number of aromatic nitrogens is 1. The number of aryl methyl sites for hydroxylation is 1. The summed E-state index contributed by atoms with van der Waals surface area (Å²) in [4.78, 5) is 9.82. The fraction of sp³-hybridized carbons (Fsp3) is 0.667. The van der Waals surface area contributed by atoms with Crippen LogP contribution in [0.1, 0.15) is 23.9 Å². The second-order valence-corrected chi connectivity index (χ2v) is 7.97. The molecule has 9 heteroatoms. The number of nitrogens with one attached hydrogen (secondary N) is 2. The average molecular weight is 444 g/mol. The Morgan fingerprint density at radius 1 is 1.57 bits per heavy atom. The van der Waals surface area contributed by atoms with Crippen molar-refractivity contribution in [3.8, 4) is 0 Å². The number of hydrogen-bond donors (Lipinski definition) is 2. The third-order valence-electron chi connectivity index (χ3n) is 3.14. The first kappa shape index (κ1) is 18.6. The maximum Gasteiger partial charge on any atom is 0.191 e. The molecule has 2 N–H and O–H groups in total. The minimum Gasteiger partial charge on any atom is -0.357 e. The van der Waals surface area contributed by atoms with Gasteiger partial charge in [0.05, 0.1) is 29.3 Å². The van der Waals surface area contributed by atoms with Crippen LogP contribution < -0.4 is 10.6 Å². The summed E-state index contributed by atoms with van der Waals surface area (Å²) in [7, 11) is -2.87. The van der Waals surface area contributed by atoms with Gasteiger partial charge in [-0.1, -0.05) is 0 Å². The average Bonchev–Trinajstić information content (AvgIpc) is 2.93. The van der Waals surface area contributed by atoms with Crippen molar-refractivity contribution in [2.75, 3.05) is 18.1 Å². The van der Waals surface area contributed by atoms with Crippen LogP contribution in [0, 0.1) is 6.92 Å². The van der Waals surface area contributed by atoms with Crippen LogP contribution in [0.15, 0.2) is 10.5 Å². The Kier molecular flexibility index (Phi) is 7.34. The second kappa shape index (κ2) is 8.28. The molecule has 2 rings (SSSR count). The van der Waals surface area contributed by atoms with E-state index in [-0.39, 0.29) is 41.5 Å². The van der Waals surface area contributed by atoms with Crippen molar-refractivity contribution in [2.24, 2.45) is 4.99 Å². The Bertz CT molecular complexity index is 586. The quantitative estimate of drug-likeness (QED) is 0.416. The first-order valence-electron chi connectivity index (χ1n) is 6.64. The molecule has 1 aromatic heterocycles. The largest absolute Gasteiger partial charge is 0.357 e. The van der Waals surface area contributed by atoms with Gasteiger partial charge in [0, 0.05) is 17.5 Å². The first-order valence-corrected chi connectivity index (χ1v) is 9.34. The summed E-state index contributed by atoms with van der Waals surface area (Å²) in [5.74, 6) is 1.12. The van der Waals surface area contributed by atoms with Crippen LogP contribution >= 0.6 is 35.3 Å². The van der Waals surface area contributed by atoms with Crippen molar-refractivity contribution in [3.05, 3.63) is 16.1 Å². The van der Waals surface area contributed by atoms with Crippen LogP contribution in [0.25, 0.3) is 0 Å². The van der Waals surface area contributed by atoms with Crippen molar-refractivity contribution in [1.82, 2.24) is 15.6 Å².